The van der Waals surface area contributed by atoms with E-state index in [4.69, 9.17) is 16.1 Å². The van der Waals surface area contributed by atoms with Gasteiger partial charge in [0.15, 0.2) is 0 Å². The van der Waals surface area contributed by atoms with Crippen LogP contribution in [-0.4, -0.2) is 11.1 Å². The number of hydrogen-bond acceptors (Lipinski definition) is 3. The fourth-order valence-electron chi connectivity index (χ4n) is 2.31. The number of aromatic nitrogens is 1. The molecule has 0 bridgehead atoms. The van der Waals surface area contributed by atoms with E-state index < -0.39 is 23.4 Å². The van der Waals surface area contributed by atoms with Gasteiger partial charge in [-0.2, -0.15) is 0 Å². The molecule has 1 amide bonds. The van der Waals surface area contributed by atoms with Crippen molar-refractivity contribution in [3.63, 3.8) is 0 Å². The second-order valence-corrected chi connectivity index (χ2v) is 5.54. The van der Waals surface area contributed by atoms with Crippen molar-refractivity contribution in [1.29, 1.82) is 0 Å². The Bertz CT molecular complexity index is 952. The van der Waals surface area contributed by atoms with Crippen molar-refractivity contribution in [1.82, 2.24) is 5.16 Å². The van der Waals surface area contributed by atoms with Crippen LogP contribution in [0.15, 0.2) is 40.9 Å². The summed E-state index contributed by atoms with van der Waals surface area (Å²) < 4.78 is 45.8. The molecule has 0 fully saturated rings. The largest absolute Gasteiger partial charge is 0.360 e. The van der Waals surface area contributed by atoms with Crippen LogP contribution >= 0.6 is 11.6 Å². The van der Waals surface area contributed by atoms with Crippen LogP contribution in [0.5, 0.6) is 0 Å². The SMILES string of the molecule is Cc1onc(-c2c(F)cccc2Cl)c1C(=O)Nc1ccc(F)cc1F. The smallest absolute Gasteiger partial charge is 0.261 e. The predicted molar refractivity (Wildman–Crippen MR) is 86.0 cm³/mol. The molecule has 4 nitrogen and oxygen atoms in total. The van der Waals surface area contributed by atoms with Crippen molar-refractivity contribution in [3.05, 3.63) is 70.2 Å². The number of carbonyl (C=O) groups is 1. The van der Waals surface area contributed by atoms with Crippen LogP contribution in [0.25, 0.3) is 11.3 Å². The van der Waals surface area contributed by atoms with Gasteiger partial charge in [0.2, 0.25) is 0 Å². The number of anilines is 1. The summed E-state index contributed by atoms with van der Waals surface area (Å²) in [6.45, 7) is 1.45. The number of rotatable bonds is 3. The average molecular weight is 367 g/mol. The summed E-state index contributed by atoms with van der Waals surface area (Å²) in [6, 6.07) is 6.69. The highest BCUT2D eigenvalue weighted by molar-refractivity contribution is 6.33. The Morgan fingerprint density at radius 2 is 1.92 bits per heavy atom. The monoisotopic (exact) mass is 366 g/mol. The highest BCUT2D eigenvalue weighted by Crippen LogP contribution is 2.33. The number of halogens is 4. The summed E-state index contributed by atoms with van der Waals surface area (Å²) in [5.41, 5.74) is -0.556. The molecule has 1 heterocycles. The number of benzene rings is 2. The zero-order valence-electron chi connectivity index (χ0n) is 12.7. The number of amides is 1. The Hall–Kier alpha value is -2.80. The molecule has 0 aliphatic heterocycles. The molecule has 8 heteroatoms. The van der Waals surface area contributed by atoms with Crippen molar-refractivity contribution >= 4 is 23.2 Å². The molecule has 3 aromatic rings. The highest BCUT2D eigenvalue weighted by atomic mass is 35.5. The van der Waals surface area contributed by atoms with Crippen LogP contribution in [0.4, 0.5) is 18.9 Å². The van der Waals surface area contributed by atoms with Gasteiger partial charge in [-0.15, -0.1) is 0 Å². The molecule has 128 valence electrons. The molecule has 0 saturated carbocycles. The maximum Gasteiger partial charge on any atom is 0.261 e. The predicted octanol–water partition coefficient (Wildman–Crippen LogP) is 4.97. The fraction of sp³-hybridized carbons (Fsp3) is 0.0588. The van der Waals surface area contributed by atoms with Gasteiger partial charge in [0.1, 0.15) is 34.5 Å². The minimum Gasteiger partial charge on any atom is -0.360 e. The van der Waals surface area contributed by atoms with E-state index in [0.717, 1.165) is 18.2 Å². The standard InChI is InChI=1S/C17H10ClF3N2O2/c1-8-14(17(24)22-13-6-5-9(19)7-12(13)21)16(23-25-8)15-10(18)3-2-4-11(15)20/h2-7H,1H3,(H,22,24). The highest BCUT2D eigenvalue weighted by Gasteiger charge is 2.26. The zero-order valence-corrected chi connectivity index (χ0v) is 13.5. The molecule has 0 aliphatic carbocycles. The molecule has 0 atom stereocenters. The van der Waals surface area contributed by atoms with Gasteiger partial charge >= 0.3 is 0 Å². The lowest BCUT2D eigenvalue weighted by Crippen LogP contribution is -2.15. The lowest BCUT2D eigenvalue weighted by Gasteiger charge is -2.08. The fourth-order valence-corrected chi connectivity index (χ4v) is 2.56. The minimum atomic E-state index is -0.951. The second kappa shape index (κ2) is 6.60. The first-order chi connectivity index (χ1) is 11.9. The van der Waals surface area contributed by atoms with Crippen molar-refractivity contribution in [3.8, 4) is 11.3 Å². The Balaban J connectivity index is 2.03. The van der Waals surface area contributed by atoms with Gasteiger partial charge in [0, 0.05) is 6.07 Å². The summed E-state index contributed by atoms with van der Waals surface area (Å²) in [6.07, 6.45) is 0. The Kier molecular flexibility index (Phi) is 4.50. The first-order valence-corrected chi connectivity index (χ1v) is 7.43. The van der Waals surface area contributed by atoms with Gasteiger partial charge in [-0.3, -0.25) is 4.79 Å². The van der Waals surface area contributed by atoms with Gasteiger partial charge in [-0.1, -0.05) is 22.8 Å². The normalized spacial score (nSPS) is 10.8. The number of nitrogens with zero attached hydrogens (tertiary/aromatic N) is 1. The topological polar surface area (TPSA) is 55.1 Å². The molecule has 1 aromatic heterocycles. The molecule has 1 N–H and O–H groups in total. The zero-order chi connectivity index (χ0) is 18.1. The summed E-state index contributed by atoms with van der Waals surface area (Å²) in [5, 5.41) is 6.01. The molecule has 0 saturated heterocycles. The third-order valence-corrected chi connectivity index (χ3v) is 3.78. The number of hydrogen-bond donors (Lipinski definition) is 1. The first-order valence-electron chi connectivity index (χ1n) is 7.05. The maximum absolute atomic E-state index is 14.1. The van der Waals surface area contributed by atoms with E-state index in [-0.39, 0.29) is 33.3 Å². The summed E-state index contributed by atoms with van der Waals surface area (Å²) in [4.78, 5) is 12.5. The van der Waals surface area contributed by atoms with E-state index in [1.165, 1.54) is 19.1 Å². The summed E-state index contributed by atoms with van der Waals surface area (Å²) in [5.74, 6) is -3.13. The summed E-state index contributed by atoms with van der Waals surface area (Å²) in [7, 11) is 0. The van der Waals surface area contributed by atoms with Crippen molar-refractivity contribution in [2.45, 2.75) is 6.92 Å². The number of aryl methyl sites for hydroxylation is 1. The molecule has 0 spiro atoms. The van der Waals surface area contributed by atoms with Crippen LogP contribution in [0.3, 0.4) is 0 Å². The molecular weight excluding hydrogens is 357 g/mol. The van der Waals surface area contributed by atoms with Gasteiger partial charge in [0.25, 0.3) is 5.91 Å². The van der Waals surface area contributed by atoms with Crippen molar-refractivity contribution in [2.75, 3.05) is 5.32 Å². The van der Waals surface area contributed by atoms with E-state index in [0.29, 0.717) is 6.07 Å². The van der Waals surface area contributed by atoms with Crippen LogP contribution in [-0.2, 0) is 0 Å². The van der Waals surface area contributed by atoms with Crippen LogP contribution in [0, 0.1) is 24.4 Å². The lowest BCUT2D eigenvalue weighted by molar-refractivity contribution is 0.102. The molecule has 2 aromatic carbocycles. The van der Waals surface area contributed by atoms with Crippen LogP contribution < -0.4 is 5.32 Å². The van der Waals surface area contributed by atoms with E-state index in [2.05, 4.69) is 10.5 Å². The lowest BCUT2D eigenvalue weighted by atomic mass is 10.0. The minimum absolute atomic E-state index is 0.0373. The molecule has 25 heavy (non-hydrogen) atoms. The molecule has 0 radical (unpaired) electrons. The third-order valence-electron chi connectivity index (χ3n) is 3.47. The van der Waals surface area contributed by atoms with Crippen molar-refractivity contribution in [2.24, 2.45) is 0 Å². The van der Waals surface area contributed by atoms with Gasteiger partial charge in [0.05, 0.1) is 16.3 Å². The Morgan fingerprint density at radius 1 is 1.16 bits per heavy atom. The second-order valence-electron chi connectivity index (χ2n) is 5.14. The molecule has 0 unspecified atom stereocenters. The van der Waals surface area contributed by atoms with Crippen molar-refractivity contribution < 1.29 is 22.5 Å². The Labute approximate surface area is 145 Å². The van der Waals surface area contributed by atoms with E-state index in [9.17, 15) is 18.0 Å². The number of nitrogens with one attached hydrogen (secondary N) is 1. The maximum atomic E-state index is 14.1. The van der Waals surface area contributed by atoms with E-state index in [1.54, 1.807) is 0 Å². The van der Waals surface area contributed by atoms with Gasteiger partial charge in [-0.05, 0) is 31.2 Å². The summed E-state index contributed by atoms with van der Waals surface area (Å²) >= 11 is 6.00. The van der Waals surface area contributed by atoms with Crippen LogP contribution in [0.1, 0.15) is 16.1 Å². The third kappa shape index (κ3) is 3.23. The quantitative estimate of drug-likeness (QED) is 0.711. The van der Waals surface area contributed by atoms with Gasteiger partial charge in [-0.25, -0.2) is 13.2 Å². The first kappa shape index (κ1) is 17.0. The molecule has 0 aliphatic rings. The molecular formula is C17H10ClF3N2O2. The Morgan fingerprint density at radius 3 is 2.60 bits per heavy atom. The number of carbonyl (C=O) groups excluding carboxylic acids is 1. The van der Waals surface area contributed by atoms with Crippen LogP contribution in [0.2, 0.25) is 5.02 Å². The van der Waals surface area contributed by atoms with E-state index in [1.807, 2.05) is 0 Å². The van der Waals surface area contributed by atoms with E-state index >= 15 is 0 Å². The van der Waals surface area contributed by atoms with Gasteiger partial charge < -0.3 is 9.84 Å². The molecule has 3 rings (SSSR count). The average Bonchev–Trinajstić information content (AvgIpc) is 2.91.